The molecule has 1 heterocycles. The van der Waals surface area contributed by atoms with Crippen LogP contribution < -0.4 is 10.3 Å². The van der Waals surface area contributed by atoms with E-state index in [4.69, 9.17) is 4.74 Å². The molecule has 2 aromatic rings. The first-order valence-corrected chi connectivity index (χ1v) is 8.38. The fraction of sp³-hybridized carbons (Fsp3) is 0.316. The molecule has 0 spiro atoms. The van der Waals surface area contributed by atoms with Crippen molar-refractivity contribution in [2.24, 2.45) is 5.10 Å². The Morgan fingerprint density at radius 1 is 1.12 bits per heavy atom. The average molecular weight is 345 g/mol. The lowest BCUT2D eigenvalue weighted by Gasteiger charge is -2.29. The predicted octanol–water partition coefficient (Wildman–Crippen LogP) is 4.03. The number of anilines is 2. The summed E-state index contributed by atoms with van der Waals surface area (Å²) in [5.41, 5.74) is 5.62. The van der Waals surface area contributed by atoms with Crippen molar-refractivity contribution in [1.82, 2.24) is 0 Å². The van der Waals surface area contributed by atoms with Crippen LogP contribution in [0.15, 0.2) is 47.6 Å². The molecule has 1 saturated heterocycles. The van der Waals surface area contributed by atoms with Crippen molar-refractivity contribution in [2.75, 3.05) is 36.6 Å². The summed E-state index contributed by atoms with van der Waals surface area (Å²) in [5.74, 6) is -0.562. The normalized spacial score (nSPS) is 15.3. The van der Waals surface area contributed by atoms with Crippen LogP contribution in [-0.2, 0) is 4.74 Å². The molecule has 132 valence electrons. The molecule has 2 aromatic carbocycles. The molecule has 1 aliphatic heterocycles. The van der Waals surface area contributed by atoms with Gasteiger partial charge in [-0.05, 0) is 42.8 Å². The summed E-state index contributed by atoms with van der Waals surface area (Å²) in [5, 5.41) is 4.34. The minimum absolute atomic E-state index is 0.262. The van der Waals surface area contributed by atoms with Gasteiger partial charge in [0.25, 0.3) is 0 Å². The zero-order valence-corrected chi connectivity index (χ0v) is 14.1. The molecule has 0 aliphatic carbocycles. The van der Waals surface area contributed by atoms with Gasteiger partial charge in [-0.15, -0.1) is 0 Å². The van der Waals surface area contributed by atoms with E-state index in [1.165, 1.54) is 18.2 Å². The van der Waals surface area contributed by atoms with E-state index in [2.05, 4.69) is 10.5 Å². The quantitative estimate of drug-likeness (QED) is 0.657. The molecule has 0 saturated carbocycles. The van der Waals surface area contributed by atoms with Crippen LogP contribution in [0.25, 0.3) is 0 Å². The first-order valence-electron chi connectivity index (χ1n) is 8.38. The fourth-order valence-electron chi connectivity index (χ4n) is 2.75. The topological polar surface area (TPSA) is 36.9 Å². The van der Waals surface area contributed by atoms with Crippen molar-refractivity contribution in [3.8, 4) is 0 Å². The van der Waals surface area contributed by atoms with Gasteiger partial charge in [0.05, 0.1) is 30.3 Å². The Kier molecular flexibility index (Phi) is 5.60. The van der Waals surface area contributed by atoms with Crippen LogP contribution in [0.4, 0.5) is 20.2 Å². The third kappa shape index (κ3) is 4.33. The number of hydrogen-bond acceptors (Lipinski definition) is 4. The van der Waals surface area contributed by atoms with Crippen LogP contribution >= 0.6 is 0 Å². The van der Waals surface area contributed by atoms with Gasteiger partial charge in [0, 0.05) is 18.7 Å². The van der Waals surface area contributed by atoms with Gasteiger partial charge in [0.15, 0.2) is 0 Å². The number of nitrogens with one attached hydrogen (secondary N) is 1. The summed E-state index contributed by atoms with van der Waals surface area (Å²) in [6, 6.07) is 11.1. The first kappa shape index (κ1) is 17.4. The van der Waals surface area contributed by atoms with Gasteiger partial charge in [0.1, 0.15) is 11.6 Å². The van der Waals surface area contributed by atoms with E-state index >= 15 is 0 Å². The van der Waals surface area contributed by atoms with Crippen LogP contribution in [0.2, 0.25) is 0 Å². The number of rotatable bonds is 5. The molecule has 1 N–H and O–H groups in total. The molecule has 1 fully saturated rings. The number of morpholine rings is 1. The maximum atomic E-state index is 14.5. The van der Waals surface area contributed by atoms with Crippen LogP contribution in [0.5, 0.6) is 0 Å². The van der Waals surface area contributed by atoms with Gasteiger partial charge in [-0.1, -0.05) is 13.0 Å². The zero-order chi connectivity index (χ0) is 17.6. The van der Waals surface area contributed by atoms with E-state index in [0.717, 1.165) is 11.3 Å². The van der Waals surface area contributed by atoms with Gasteiger partial charge >= 0.3 is 0 Å². The fourth-order valence-corrected chi connectivity index (χ4v) is 2.75. The number of ether oxygens (including phenoxy) is 1. The lowest BCUT2D eigenvalue weighted by Crippen LogP contribution is -2.36. The van der Waals surface area contributed by atoms with Crippen LogP contribution in [0.1, 0.15) is 18.9 Å². The number of hydrogen-bond donors (Lipinski definition) is 1. The third-order valence-electron chi connectivity index (χ3n) is 4.13. The molecule has 3 rings (SSSR count). The predicted molar refractivity (Wildman–Crippen MR) is 96.3 cm³/mol. The van der Waals surface area contributed by atoms with Crippen molar-refractivity contribution in [3.63, 3.8) is 0 Å². The van der Waals surface area contributed by atoms with Crippen molar-refractivity contribution in [1.29, 1.82) is 0 Å². The molecule has 0 bridgehead atoms. The monoisotopic (exact) mass is 345 g/mol. The minimum atomic E-state index is -0.300. The van der Waals surface area contributed by atoms with Gasteiger partial charge < -0.3 is 9.64 Å². The molecule has 1 aliphatic rings. The Bertz CT molecular complexity index is 741. The van der Waals surface area contributed by atoms with Crippen LogP contribution in [-0.4, -0.2) is 32.0 Å². The van der Waals surface area contributed by atoms with Crippen LogP contribution in [0, 0.1) is 11.6 Å². The minimum Gasteiger partial charge on any atom is -0.378 e. The molecular formula is C19H21F2N3O. The molecule has 25 heavy (non-hydrogen) atoms. The molecule has 4 nitrogen and oxygen atoms in total. The summed E-state index contributed by atoms with van der Waals surface area (Å²) in [6.07, 6.45) is 0.643. The lowest BCUT2D eigenvalue weighted by molar-refractivity contribution is 0.122. The van der Waals surface area contributed by atoms with Crippen molar-refractivity contribution in [2.45, 2.75) is 13.3 Å². The second-order valence-corrected chi connectivity index (χ2v) is 5.80. The number of hydrazone groups is 1. The molecular weight excluding hydrogens is 324 g/mol. The SMILES string of the molecule is CCC(=NNc1ccc(F)cc1)c1ccc(N2CCOCC2)c(F)c1. The molecule has 0 amide bonds. The highest BCUT2D eigenvalue weighted by Gasteiger charge is 2.16. The first-order chi connectivity index (χ1) is 12.2. The van der Waals surface area contributed by atoms with E-state index < -0.39 is 0 Å². The largest absolute Gasteiger partial charge is 0.378 e. The number of halogens is 2. The summed E-state index contributed by atoms with van der Waals surface area (Å²) in [4.78, 5) is 1.99. The highest BCUT2D eigenvalue weighted by Crippen LogP contribution is 2.22. The molecule has 0 unspecified atom stereocenters. The van der Waals surface area contributed by atoms with Crippen molar-refractivity contribution >= 4 is 17.1 Å². The van der Waals surface area contributed by atoms with E-state index in [-0.39, 0.29) is 11.6 Å². The molecule has 6 heteroatoms. The van der Waals surface area contributed by atoms with Crippen molar-refractivity contribution in [3.05, 3.63) is 59.7 Å². The standard InChI is InChI=1S/C19H21F2N3O/c1-2-18(23-22-16-6-4-15(20)5-7-16)14-3-8-19(17(21)13-14)24-9-11-25-12-10-24/h3-8,13,22H,2,9-12H2,1H3. The lowest BCUT2D eigenvalue weighted by atomic mass is 10.1. The maximum Gasteiger partial charge on any atom is 0.147 e. The molecule has 0 radical (unpaired) electrons. The Labute approximate surface area is 146 Å². The van der Waals surface area contributed by atoms with E-state index in [1.54, 1.807) is 18.2 Å². The smallest absolute Gasteiger partial charge is 0.147 e. The average Bonchev–Trinajstić information content (AvgIpc) is 2.64. The van der Waals surface area contributed by atoms with Gasteiger partial charge in [-0.2, -0.15) is 5.10 Å². The third-order valence-corrected chi connectivity index (χ3v) is 4.13. The van der Waals surface area contributed by atoms with Crippen LogP contribution in [0.3, 0.4) is 0 Å². The Hall–Kier alpha value is -2.47. The Balaban J connectivity index is 1.77. The van der Waals surface area contributed by atoms with Gasteiger partial charge in [-0.25, -0.2) is 8.78 Å². The second kappa shape index (κ2) is 8.07. The summed E-state index contributed by atoms with van der Waals surface area (Å²) >= 11 is 0. The van der Waals surface area contributed by atoms with E-state index in [0.29, 0.717) is 44.1 Å². The van der Waals surface area contributed by atoms with Gasteiger partial charge in [-0.3, -0.25) is 5.43 Å². The highest BCUT2D eigenvalue weighted by atomic mass is 19.1. The summed E-state index contributed by atoms with van der Waals surface area (Å²) in [6.45, 7) is 4.57. The molecule has 0 aromatic heterocycles. The van der Waals surface area contributed by atoms with Crippen molar-refractivity contribution < 1.29 is 13.5 Å². The molecule has 0 atom stereocenters. The van der Waals surface area contributed by atoms with Gasteiger partial charge in [0.2, 0.25) is 0 Å². The zero-order valence-electron chi connectivity index (χ0n) is 14.1. The Morgan fingerprint density at radius 3 is 2.48 bits per heavy atom. The van der Waals surface area contributed by atoms with E-state index in [1.807, 2.05) is 17.9 Å². The van der Waals surface area contributed by atoms with E-state index in [9.17, 15) is 8.78 Å². The summed E-state index contributed by atoms with van der Waals surface area (Å²) in [7, 11) is 0. The maximum absolute atomic E-state index is 14.5. The Morgan fingerprint density at radius 2 is 1.84 bits per heavy atom. The second-order valence-electron chi connectivity index (χ2n) is 5.80. The summed E-state index contributed by atoms with van der Waals surface area (Å²) < 4.78 is 32.8. The number of nitrogens with zero attached hydrogens (tertiary/aromatic N) is 2. The number of benzene rings is 2. The highest BCUT2D eigenvalue weighted by molar-refractivity contribution is 6.01.